The molecule has 2 N–H and O–H groups in total. The average Bonchev–Trinajstić information content (AvgIpc) is 2.55. The molecule has 0 unspecified atom stereocenters. The molecule has 9 heteroatoms. The lowest BCUT2D eigenvalue weighted by molar-refractivity contribution is 0.0696. The van der Waals surface area contributed by atoms with E-state index in [4.69, 9.17) is 9.47 Å². The smallest absolute Gasteiger partial charge is 0.337 e. The minimum absolute atomic E-state index is 0.0403. The molecule has 8 nitrogen and oxygen atoms in total. The second-order valence-corrected chi connectivity index (χ2v) is 6.74. The van der Waals surface area contributed by atoms with Gasteiger partial charge in [0.05, 0.1) is 36.0 Å². The molecule has 1 saturated heterocycles. The first-order chi connectivity index (χ1) is 11.0. The summed E-state index contributed by atoms with van der Waals surface area (Å²) in [7, 11) is -2.31. The largest absolute Gasteiger partial charge is 0.478 e. The van der Waals surface area contributed by atoms with Crippen LogP contribution in [-0.2, 0) is 19.5 Å². The molecule has 1 aromatic rings. The van der Waals surface area contributed by atoms with Crippen molar-refractivity contribution in [1.29, 1.82) is 0 Å². The lowest BCUT2D eigenvalue weighted by Gasteiger charge is -2.30. The highest BCUT2D eigenvalue weighted by atomic mass is 32.2. The fourth-order valence-corrected chi connectivity index (χ4v) is 3.33. The Morgan fingerprint density at radius 1 is 1.39 bits per heavy atom. The second-order valence-electron chi connectivity index (χ2n) is 4.97. The number of hydrogen-bond acceptors (Lipinski definition) is 6. The molecule has 0 radical (unpaired) electrons. The minimum Gasteiger partial charge on any atom is -0.478 e. The summed E-state index contributed by atoms with van der Waals surface area (Å²) >= 11 is 0. The van der Waals surface area contributed by atoms with Gasteiger partial charge in [0.15, 0.2) is 0 Å². The Bertz CT molecular complexity index is 655. The number of hydrogen-bond donors (Lipinski definition) is 2. The Labute approximate surface area is 135 Å². The van der Waals surface area contributed by atoms with Crippen molar-refractivity contribution in [3.05, 3.63) is 23.8 Å². The summed E-state index contributed by atoms with van der Waals surface area (Å²) in [6.07, 6.45) is 0. The number of benzene rings is 1. The standard InChI is InChI=1S/C14H20N2O6S/c1-21-7-4-15-23(19,20)11-2-3-13(12(10-11)14(17)18)16-5-8-22-9-6-16/h2-3,10,15H,4-9H2,1H3,(H,17,18). The van der Waals surface area contributed by atoms with E-state index >= 15 is 0 Å². The fraction of sp³-hybridized carbons (Fsp3) is 0.500. The predicted octanol–water partition coefficient (Wildman–Crippen LogP) is 0.146. The summed E-state index contributed by atoms with van der Waals surface area (Å²) in [5.74, 6) is -1.17. The first kappa shape index (κ1) is 17.7. The maximum absolute atomic E-state index is 12.2. The van der Waals surface area contributed by atoms with Crippen LogP contribution in [0.4, 0.5) is 5.69 Å². The summed E-state index contributed by atoms with van der Waals surface area (Å²) in [5.41, 5.74) is 0.457. The molecule has 23 heavy (non-hydrogen) atoms. The third-order valence-electron chi connectivity index (χ3n) is 3.46. The van der Waals surface area contributed by atoms with Crippen molar-refractivity contribution in [1.82, 2.24) is 4.72 Å². The van der Waals surface area contributed by atoms with Crippen molar-refractivity contribution >= 4 is 21.7 Å². The Hall–Kier alpha value is -1.68. The van der Waals surface area contributed by atoms with Crippen molar-refractivity contribution in [2.45, 2.75) is 4.90 Å². The third kappa shape index (κ3) is 4.41. The summed E-state index contributed by atoms with van der Waals surface area (Å²) in [6.45, 7) is 2.51. The van der Waals surface area contributed by atoms with E-state index in [2.05, 4.69) is 4.72 Å². The number of aromatic carboxylic acids is 1. The minimum atomic E-state index is -3.77. The number of nitrogens with zero attached hydrogens (tertiary/aromatic N) is 1. The summed E-state index contributed by atoms with van der Waals surface area (Å²) in [6, 6.07) is 4.12. The van der Waals surface area contributed by atoms with Crippen LogP contribution in [-0.4, -0.2) is 66.1 Å². The number of carboxylic acid groups (broad SMARTS) is 1. The van der Waals surface area contributed by atoms with Crippen LogP contribution >= 0.6 is 0 Å². The lowest BCUT2D eigenvalue weighted by atomic mass is 10.1. The quantitative estimate of drug-likeness (QED) is 0.678. The van der Waals surface area contributed by atoms with E-state index in [1.807, 2.05) is 4.90 Å². The van der Waals surface area contributed by atoms with Gasteiger partial charge in [0, 0.05) is 26.7 Å². The molecule has 0 aromatic heterocycles. The van der Waals surface area contributed by atoms with E-state index in [0.717, 1.165) is 0 Å². The van der Waals surface area contributed by atoms with Crippen molar-refractivity contribution in [3.8, 4) is 0 Å². The van der Waals surface area contributed by atoms with Gasteiger partial charge in [-0.15, -0.1) is 0 Å². The van der Waals surface area contributed by atoms with Gasteiger partial charge in [-0.2, -0.15) is 0 Å². The van der Waals surface area contributed by atoms with Crippen molar-refractivity contribution < 1.29 is 27.8 Å². The predicted molar refractivity (Wildman–Crippen MR) is 83.5 cm³/mol. The molecule has 2 rings (SSSR count). The number of morpholine rings is 1. The number of ether oxygens (including phenoxy) is 2. The number of anilines is 1. The summed E-state index contributed by atoms with van der Waals surface area (Å²) in [4.78, 5) is 13.3. The Balaban J connectivity index is 2.30. The van der Waals surface area contributed by atoms with Gasteiger partial charge in [-0.25, -0.2) is 17.9 Å². The first-order valence-electron chi connectivity index (χ1n) is 7.14. The van der Waals surface area contributed by atoms with Crippen LogP contribution in [0.3, 0.4) is 0 Å². The SMILES string of the molecule is COCCNS(=O)(=O)c1ccc(N2CCOCC2)c(C(=O)O)c1. The second kappa shape index (κ2) is 7.73. The Morgan fingerprint density at radius 3 is 2.70 bits per heavy atom. The van der Waals surface area contributed by atoms with Crippen molar-refractivity contribution in [2.24, 2.45) is 0 Å². The number of methoxy groups -OCH3 is 1. The van der Waals surface area contributed by atoms with E-state index < -0.39 is 16.0 Å². The highest BCUT2D eigenvalue weighted by Crippen LogP contribution is 2.25. The zero-order valence-corrected chi connectivity index (χ0v) is 13.6. The van der Waals surface area contributed by atoms with Gasteiger partial charge in [0.2, 0.25) is 10.0 Å². The lowest BCUT2D eigenvalue weighted by Crippen LogP contribution is -2.37. The number of sulfonamides is 1. The van der Waals surface area contributed by atoms with Gasteiger partial charge in [0.1, 0.15) is 0 Å². The van der Waals surface area contributed by atoms with Crippen LogP contribution in [0, 0.1) is 0 Å². The molecular weight excluding hydrogens is 324 g/mol. The van der Waals surface area contributed by atoms with Crippen LogP contribution in [0.15, 0.2) is 23.1 Å². The van der Waals surface area contributed by atoms with E-state index in [1.54, 1.807) is 0 Å². The van der Waals surface area contributed by atoms with Gasteiger partial charge in [-0.1, -0.05) is 0 Å². The van der Waals surface area contributed by atoms with Crippen LogP contribution in [0.1, 0.15) is 10.4 Å². The molecule has 1 fully saturated rings. The van der Waals surface area contributed by atoms with Crippen molar-refractivity contribution in [3.63, 3.8) is 0 Å². The topological polar surface area (TPSA) is 105 Å². The molecule has 0 saturated carbocycles. The summed E-state index contributed by atoms with van der Waals surface area (Å²) < 4.78 is 36.8. The van der Waals surface area contributed by atoms with E-state index in [-0.39, 0.29) is 23.6 Å². The van der Waals surface area contributed by atoms with E-state index in [9.17, 15) is 18.3 Å². The van der Waals surface area contributed by atoms with Gasteiger partial charge < -0.3 is 19.5 Å². The Kier molecular flexibility index (Phi) is 5.94. The fourth-order valence-electron chi connectivity index (χ4n) is 2.30. The van der Waals surface area contributed by atoms with Gasteiger partial charge >= 0.3 is 5.97 Å². The number of carboxylic acids is 1. The zero-order valence-electron chi connectivity index (χ0n) is 12.8. The normalized spacial score (nSPS) is 15.6. The van der Waals surface area contributed by atoms with Crippen molar-refractivity contribution in [2.75, 3.05) is 51.5 Å². The maximum atomic E-state index is 12.2. The molecule has 1 aliphatic rings. The number of nitrogens with one attached hydrogen (secondary N) is 1. The molecule has 0 spiro atoms. The number of carbonyl (C=O) groups is 1. The molecule has 1 aliphatic heterocycles. The Morgan fingerprint density at radius 2 is 2.09 bits per heavy atom. The maximum Gasteiger partial charge on any atom is 0.337 e. The molecular formula is C14H20N2O6S. The highest BCUT2D eigenvalue weighted by molar-refractivity contribution is 7.89. The van der Waals surface area contributed by atoms with Crippen LogP contribution < -0.4 is 9.62 Å². The van der Waals surface area contributed by atoms with Gasteiger partial charge in [-0.3, -0.25) is 0 Å². The monoisotopic (exact) mass is 344 g/mol. The molecule has 0 amide bonds. The van der Waals surface area contributed by atoms with Crippen LogP contribution in [0.25, 0.3) is 0 Å². The molecule has 1 aromatic carbocycles. The third-order valence-corrected chi connectivity index (χ3v) is 4.92. The van der Waals surface area contributed by atoms with Gasteiger partial charge in [0.25, 0.3) is 0 Å². The molecule has 1 heterocycles. The number of rotatable bonds is 7. The molecule has 0 atom stereocenters. The summed E-state index contributed by atoms with van der Waals surface area (Å²) in [5, 5.41) is 9.41. The van der Waals surface area contributed by atoms with Crippen LogP contribution in [0.5, 0.6) is 0 Å². The average molecular weight is 344 g/mol. The molecule has 0 bridgehead atoms. The molecule has 0 aliphatic carbocycles. The molecule has 128 valence electrons. The van der Waals surface area contributed by atoms with Gasteiger partial charge in [-0.05, 0) is 18.2 Å². The highest BCUT2D eigenvalue weighted by Gasteiger charge is 2.22. The van der Waals surface area contributed by atoms with Crippen LogP contribution in [0.2, 0.25) is 0 Å². The van der Waals surface area contributed by atoms with E-state index in [0.29, 0.717) is 32.0 Å². The van der Waals surface area contributed by atoms with E-state index in [1.165, 1.54) is 25.3 Å². The first-order valence-corrected chi connectivity index (χ1v) is 8.62. The zero-order chi connectivity index (χ0) is 16.9.